The van der Waals surface area contributed by atoms with Gasteiger partial charge in [0.25, 0.3) is 0 Å². The number of rotatable bonds is 0. The molecule has 0 atom stereocenters. The molecule has 1 aliphatic rings. The summed E-state index contributed by atoms with van der Waals surface area (Å²) in [6, 6.07) is 0.926. The number of halogens is 1. The number of aromatic nitrogens is 1. The van der Waals surface area contributed by atoms with Crippen LogP contribution in [-0.2, 0) is 4.74 Å². The molecule has 0 fully saturated rings. The lowest BCUT2D eigenvalue weighted by atomic mass is 10.2. The van der Waals surface area contributed by atoms with Crippen LogP contribution < -0.4 is 0 Å². The molecule has 1 aromatic rings. The van der Waals surface area contributed by atoms with Gasteiger partial charge in [-0.05, 0) is 6.07 Å². The van der Waals surface area contributed by atoms with Gasteiger partial charge in [0.1, 0.15) is 5.82 Å². The van der Waals surface area contributed by atoms with Crippen molar-refractivity contribution in [2.75, 3.05) is 0 Å². The van der Waals surface area contributed by atoms with Crippen molar-refractivity contribution in [3.63, 3.8) is 0 Å². The fourth-order valence-electron chi connectivity index (χ4n) is 0.945. The number of carbonyl (C=O) groups excluding carboxylic acids is 2. The quantitative estimate of drug-likeness (QED) is 0.417. The number of carbonyl (C=O) groups is 2. The fraction of sp³-hybridized carbons (Fsp3) is 0. The zero-order valence-electron chi connectivity index (χ0n) is 5.70. The van der Waals surface area contributed by atoms with Gasteiger partial charge >= 0.3 is 11.9 Å². The molecule has 1 aliphatic heterocycles. The average Bonchev–Trinajstić information content (AvgIpc) is 2.28. The highest BCUT2D eigenvalue weighted by Crippen LogP contribution is 2.17. The van der Waals surface area contributed by atoms with E-state index in [1.54, 1.807) is 0 Å². The Bertz CT molecular complexity index is 388. The van der Waals surface area contributed by atoms with Crippen molar-refractivity contribution in [1.29, 1.82) is 0 Å². The van der Waals surface area contributed by atoms with Gasteiger partial charge in [-0.1, -0.05) is 0 Å². The highest BCUT2D eigenvalue weighted by atomic mass is 19.1. The molecule has 12 heavy (non-hydrogen) atoms. The van der Waals surface area contributed by atoms with Crippen LogP contribution in [0, 0.1) is 5.82 Å². The Kier molecular flexibility index (Phi) is 1.21. The smallest absolute Gasteiger partial charge is 0.365 e. The molecule has 0 saturated carbocycles. The van der Waals surface area contributed by atoms with Gasteiger partial charge in [-0.15, -0.1) is 0 Å². The Balaban J connectivity index is 2.68. The summed E-state index contributed by atoms with van der Waals surface area (Å²) >= 11 is 0. The monoisotopic (exact) mass is 167 g/mol. The first-order valence-electron chi connectivity index (χ1n) is 3.10. The molecule has 0 N–H and O–H groups in total. The largest absolute Gasteiger partial charge is 0.384 e. The van der Waals surface area contributed by atoms with Crippen LogP contribution in [0.15, 0.2) is 12.3 Å². The minimum atomic E-state index is -0.845. The number of hydrogen-bond donors (Lipinski definition) is 0. The summed E-state index contributed by atoms with van der Waals surface area (Å²) in [5.74, 6) is -2.34. The van der Waals surface area contributed by atoms with E-state index in [-0.39, 0.29) is 11.3 Å². The Hall–Kier alpha value is -1.78. The first-order chi connectivity index (χ1) is 5.68. The van der Waals surface area contributed by atoms with E-state index < -0.39 is 17.8 Å². The molecule has 0 aliphatic carbocycles. The van der Waals surface area contributed by atoms with Gasteiger partial charge in [0.2, 0.25) is 0 Å². The second-order valence-corrected chi connectivity index (χ2v) is 2.23. The van der Waals surface area contributed by atoms with E-state index in [2.05, 4.69) is 9.72 Å². The third kappa shape index (κ3) is 0.795. The standard InChI is InChI=1S/C7H2FNO3/c8-3-1-4-5(9-2-3)7(11)12-6(4)10/h1-2H. The van der Waals surface area contributed by atoms with Gasteiger partial charge in [0.05, 0.1) is 11.8 Å². The summed E-state index contributed by atoms with van der Waals surface area (Å²) in [4.78, 5) is 25.0. The fourth-order valence-corrected chi connectivity index (χ4v) is 0.945. The van der Waals surface area contributed by atoms with Gasteiger partial charge in [-0.2, -0.15) is 0 Å². The van der Waals surface area contributed by atoms with Gasteiger partial charge in [0.15, 0.2) is 5.69 Å². The van der Waals surface area contributed by atoms with E-state index in [4.69, 9.17) is 0 Å². The lowest BCUT2D eigenvalue weighted by molar-refractivity contribution is 0.0441. The molecule has 0 saturated heterocycles. The Morgan fingerprint density at radius 3 is 2.83 bits per heavy atom. The zero-order chi connectivity index (χ0) is 8.72. The van der Waals surface area contributed by atoms with Crippen molar-refractivity contribution in [2.24, 2.45) is 0 Å². The lowest BCUT2D eigenvalue weighted by Gasteiger charge is -1.89. The topological polar surface area (TPSA) is 56.3 Å². The maximum atomic E-state index is 12.5. The zero-order valence-corrected chi connectivity index (χ0v) is 5.70. The van der Waals surface area contributed by atoms with E-state index in [9.17, 15) is 14.0 Å². The number of pyridine rings is 1. The van der Waals surface area contributed by atoms with Gasteiger partial charge in [-0.25, -0.2) is 19.0 Å². The Morgan fingerprint density at radius 1 is 1.33 bits per heavy atom. The first-order valence-corrected chi connectivity index (χ1v) is 3.10. The Morgan fingerprint density at radius 2 is 2.08 bits per heavy atom. The number of cyclic esters (lactones) is 2. The second-order valence-electron chi connectivity index (χ2n) is 2.23. The SMILES string of the molecule is O=C1OC(=O)c2ncc(F)cc21. The maximum Gasteiger partial charge on any atom is 0.365 e. The molecule has 0 radical (unpaired) electrons. The van der Waals surface area contributed by atoms with E-state index in [0.29, 0.717) is 0 Å². The van der Waals surface area contributed by atoms with Gasteiger partial charge in [0, 0.05) is 0 Å². The summed E-state index contributed by atoms with van der Waals surface area (Å²) in [6.45, 7) is 0. The van der Waals surface area contributed by atoms with Crippen LogP contribution in [0.1, 0.15) is 20.8 Å². The molecule has 1 aromatic heterocycles. The molecule has 0 bridgehead atoms. The van der Waals surface area contributed by atoms with Crippen LogP contribution in [0.4, 0.5) is 4.39 Å². The normalized spacial score (nSPS) is 14.4. The van der Waals surface area contributed by atoms with E-state index in [0.717, 1.165) is 12.3 Å². The van der Waals surface area contributed by atoms with Crippen LogP contribution in [0.5, 0.6) is 0 Å². The van der Waals surface area contributed by atoms with Crippen molar-refractivity contribution in [1.82, 2.24) is 4.98 Å². The molecule has 0 unspecified atom stereocenters. The number of nitrogens with zero attached hydrogens (tertiary/aromatic N) is 1. The highest BCUT2D eigenvalue weighted by Gasteiger charge is 2.31. The van der Waals surface area contributed by atoms with Crippen molar-refractivity contribution < 1.29 is 18.7 Å². The summed E-state index contributed by atoms with van der Waals surface area (Å²) in [5.41, 5.74) is -0.235. The molecule has 5 heteroatoms. The van der Waals surface area contributed by atoms with Crippen LogP contribution in [-0.4, -0.2) is 16.9 Å². The summed E-state index contributed by atoms with van der Waals surface area (Å²) < 4.78 is 16.7. The average molecular weight is 167 g/mol. The number of ether oxygens (including phenoxy) is 1. The van der Waals surface area contributed by atoms with Crippen molar-refractivity contribution in [3.8, 4) is 0 Å². The van der Waals surface area contributed by atoms with E-state index in [1.165, 1.54) is 0 Å². The number of fused-ring (bicyclic) bond motifs is 1. The highest BCUT2D eigenvalue weighted by molar-refractivity contribution is 6.13. The molecule has 0 spiro atoms. The van der Waals surface area contributed by atoms with Crippen LogP contribution in [0.2, 0.25) is 0 Å². The third-order valence-corrected chi connectivity index (χ3v) is 1.45. The molecule has 0 aromatic carbocycles. The molecule has 2 heterocycles. The molecule has 4 nitrogen and oxygen atoms in total. The molecule has 2 rings (SSSR count). The van der Waals surface area contributed by atoms with Crippen molar-refractivity contribution in [2.45, 2.75) is 0 Å². The maximum absolute atomic E-state index is 12.5. The van der Waals surface area contributed by atoms with Gasteiger partial charge < -0.3 is 4.74 Å². The van der Waals surface area contributed by atoms with Crippen molar-refractivity contribution >= 4 is 11.9 Å². The summed E-state index contributed by atoms with van der Waals surface area (Å²) in [5, 5.41) is 0. The van der Waals surface area contributed by atoms with Crippen LogP contribution in [0.3, 0.4) is 0 Å². The lowest BCUT2D eigenvalue weighted by Crippen LogP contribution is -1.97. The van der Waals surface area contributed by atoms with E-state index >= 15 is 0 Å². The van der Waals surface area contributed by atoms with E-state index in [1.807, 2.05) is 0 Å². The predicted octanol–water partition coefficient (Wildman–Crippen LogP) is 0.531. The summed E-state index contributed by atoms with van der Waals surface area (Å²) in [6.07, 6.45) is 0.860. The van der Waals surface area contributed by atoms with Crippen LogP contribution >= 0.6 is 0 Å². The molecular formula is C7H2FNO3. The third-order valence-electron chi connectivity index (χ3n) is 1.45. The minimum absolute atomic E-state index is 0.111. The first kappa shape index (κ1) is 6.90. The van der Waals surface area contributed by atoms with Gasteiger partial charge in [-0.3, -0.25) is 0 Å². The number of esters is 2. The molecule has 0 amide bonds. The van der Waals surface area contributed by atoms with Crippen molar-refractivity contribution in [3.05, 3.63) is 29.3 Å². The summed E-state index contributed by atoms with van der Waals surface area (Å²) in [7, 11) is 0. The molecular weight excluding hydrogens is 165 g/mol. The number of hydrogen-bond acceptors (Lipinski definition) is 4. The van der Waals surface area contributed by atoms with Crippen LogP contribution in [0.25, 0.3) is 0 Å². The molecule has 60 valence electrons. The second kappa shape index (κ2) is 2.10. The minimum Gasteiger partial charge on any atom is -0.384 e. The predicted molar refractivity (Wildman–Crippen MR) is 33.9 cm³/mol. The Labute approximate surface area is 66.0 Å².